The van der Waals surface area contributed by atoms with Gasteiger partial charge in [0, 0.05) is 25.7 Å². The number of carbonyl (C=O) groups is 4. The number of hydrogen-bond donors (Lipinski definition) is 4. The largest absolute Gasteiger partial charge is 0.551 e. The maximum Gasteiger partial charge on any atom is 0.551 e. The quantitative estimate of drug-likeness (QED) is 0.0110. The normalized spacial score (nSPS) is 13.9. The van der Waals surface area contributed by atoms with Crippen molar-refractivity contribution in [1.29, 1.82) is 0 Å². The second kappa shape index (κ2) is 63.9. The van der Waals surface area contributed by atoms with Crippen LogP contribution in [0.1, 0.15) is 439 Å². The lowest BCUT2D eigenvalue weighted by Crippen LogP contribution is -2.83. The summed E-state index contributed by atoms with van der Waals surface area (Å²) < 4.78 is 21.1. The summed E-state index contributed by atoms with van der Waals surface area (Å²) in [6.45, 7) is 8.84. The number of unbranched alkanes of at least 4 members (excludes halogenated alkanes) is 56. The summed E-state index contributed by atoms with van der Waals surface area (Å²) in [5.41, 5.74) is -9.67. The van der Waals surface area contributed by atoms with E-state index >= 15 is 0 Å². The summed E-state index contributed by atoms with van der Waals surface area (Å²) in [4.78, 5) is 80.3. The third-order valence-electron chi connectivity index (χ3n) is 19.2. The molecule has 0 saturated carbocycles. The van der Waals surface area contributed by atoms with Crippen LogP contribution >= 0.6 is 0 Å². The van der Waals surface area contributed by atoms with Crippen molar-refractivity contribution >= 4 is 23.9 Å². The Bertz CT molecular complexity index is 1840. The first-order chi connectivity index (χ1) is 46.1. The van der Waals surface area contributed by atoms with E-state index in [1.807, 2.05) is 0 Å². The Labute approximate surface area is 578 Å². The van der Waals surface area contributed by atoms with Crippen LogP contribution < -0.4 is 0 Å². The molecule has 0 spiro atoms. The summed E-state index contributed by atoms with van der Waals surface area (Å²) in [6.07, 6.45) is 50.5. The fourth-order valence-corrected chi connectivity index (χ4v) is 13.0. The molecule has 4 atom stereocenters. The number of aliphatic hydroxyl groups is 4. The van der Waals surface area contributed by atoms with Gasteiger partial charge in [-0.05, 0) is 25.7 Å². The molecule has 0 bridgehead atoms. The van der Waals surface area contributed by atoms with Crippen molar-refractivity contribution in [2.24, 2.45) is 0 Å². The lowest BCUT2D eigenvalue weighted by atomic mass is 9.88. The molecule has 18 nitrogen and oxygen atoms in total. The fraction of sp³-hybridized carbons (Fsp3) is 0.948. The van der Waals surface area contributed by atoms with Crippen molar-refractivity contribution in [3.8, 4) is 0 Å². The molecule has 0 aromatic rings. The van der Waals surface area contributed by atoms with Crippen molar-refractivity contribution < 1.29 is 68.4 Å². The van der Waals surface area contributed by atoms with Crippen molar-refractivity contribution in [2.45, 2.75) is 468 Å². The molecule has 0 aromatic heterocycles. The van der Waals surface area contributed by atoms with E-state index in [4.69, 9.17) is 18.9 Å². The second-order valence-corrected chi connectivity index (χ2v) is 28.0. The maximum atomic E-state index is 14.2. The van der Waals surface area contributed by atoms with Crippen LogP contribution in [0.3, 0.4) is 0 Å². The van der Waals surface area contributed by atoms with E-state index < -0.39 is 89.2 Å². The predicted molar refractivity (Wildman–Crippen MR) is 381 cm³/mol. The third kappa shape index (κ3) is 45.0. The second-order valence-electron chi connectivity index (χ2n) is 28.0. The Kier molecular flexibility index (Phi) is 61.6. The van der Waals surface area contributed by atoms with Crippen LogP contribution in [-0.2, 0) is 38.1 Å². The number of esters is 4. The van der Waals surface area contributed by atoms with E-state index in [-0.39, 0.29) is 25.7 Å². The Hall–Kier alpha value is -3.48. The number of nitro groups is 2. The number of carbonyl (C=O) groups excluding carboxylic acids is 4. The zero-order valence-corrected chi connectivity index (χ0v) is 61.5. The molecule has 4 N–H and O–H groups in total. The fourth-order valence-electron chi connectivity index (χ4n) is 13.0. The molecular formula is C77H146N2O16. The number of aliphatic hydroxyl groups excluding tert-OH is 2. The van der Waals surface area contributed by atoms with Gasteiger partial charge in [0.05, 0.1) is 9.85 Å². The van der Waals surface area contributed by atoms with Gasteiger partial charge < -0.3 is 39.4 Å². The van der Waals surface area contributed by atoms with E-state index in [0.29, 0.717) is 44.9 Å². The minimum absolute atomic E-state index is 0.00495. The van der Waals surface area contributed by atoms with Crippen LogP contribution in [0.15, 0.2) is 0 Å². The van der Waals surface area contributed by atoms with Crippen LogP contribution in [-0.4, -0.2) is 84.0 Å². The maximum absolute atomic E-state index is 14.2. The Morgan fingerprint density at radius 1 is 0.295 bits per heavy atom. The topological polar surface area (TPSA) is 272 Å². The smallest absolute Gasteiger partial charge is 0.423 e. The van der Waals surface area contributed by atoms with Gasteiger partial charge in [0.2, 0.25) is 6.29 Å². The molecule has 0 aliphatic carbocycles. The molecule has 0 aliphatic rings. The predicted octanol–water partition coefficient (Wildman–Crippen LogP) is 21.5. The van der Waals surface area contributed by atoms with E-state index in [1.54, 1.807) is 0 Å². The van der Waals surface area contributed by atoms with Gasteiger partial charge in [-0.25, -0.2) is 0 Å². The summed E-state index contributed by atoms with van der Waals surface area (Å²) in [7, 11) is 0. The number of nitrogens with zero attached hydrogens (tertiary/aromatic N) is 2. The summed E-state index contributed by atoms with van der Waals surface area (Å²) in [5.74, 6) is -10.8. The highest BCUT2D eigenvalue weighted by atomic mass is 16.8. The average molecular weight is 1360 g/mol. The van der Waals surface area contributed by atoms with Crippen molar-refractivity contribution in [3.05, 3.63) is 20.2 Å². The minimum atomic E-state index is -4.94. The molecule has 0 aromatic carbocycles. The monoisotopic (exact) mass is 1360 g/mol. The van der Waals surface area contributed by atoms with E-state index in [1.165, 1.54) is 186 Å². The van der Waals surface area contributed by atoms with Crippen LogP contribution in [0.25, 0.3) is 0 Å². The highest BCUT2D eigenvalue weighted by Gasteiger charge is 2.95. The van der Waals surface area contributed by atoms with Gasteiger partial charge in [0.15, 0.2) is 0 Å². The molecular weight excluding hydrogens is 1210 g/mol. The standard InChI is InChI=1S/C77H146N2O16/c1-5-9-13-17-21-25-29-33-37-41-45-49-53-57-61-65-69(80)92-74(86)75(78(88)89,93-70(81)66-62-58-54-50-46-42-38-34-30-26-22-18-14-10-6-2)77(79(90)91,95-72(83)68-64-60-56-52-48-44-40-36-32-28-24-20-16-12-8-4)76(87,73(84)85)94-71(82)67-63-59-55-51-47-43-39-35-31-27-23-19-15-11-7-3/h73-74,84-87H,5-68H2,1-4H3. The van der Waals surface area contributed by atoms with Gasteiger partial charge in [-0.15, -0.1) is 0 Å². The third-order valence-corrected chi connectivity index (χ3v) is 19.2. The molecule has 560 valence electrons. The van der Waals surface area contributed by atoms with Crippen LogP contribution in [0.5, 0.6) is 0 Å². The first-order valence-corrected chi connectivity index (χ1v) is 40.0. The Morgan fingerprint density at radius 3 is 0.684 bits per heavy atom. The van der Waals surface area contributed by atoms with Crippen molar-refractivity contribution in [2.75, 3.05) is 0 Å². The van der Waals surface area contributed by atoms with Crippen molar-refractivity contribution in [1.82, 2.24) is 0 Å². The van der Waals surface area contributed by atoms with E-state index in [0.717, 1.165) is 128 Å². The zero-order valence-electron chi connectivity index (χ0n) is 61.5. The van der Waals surface area contributed by atoms with E-state index in [2.05, 4.69) is 27.7 Å². The van der Waals surface area contributed by atoms with Gasteiger partial charge in [-0.2, -0.15) is 0 Å². The minimum Gasteiger partial charge on any atom is -0.423 e. The molecule has 0 saturated heterocycles. The zero-order chi connectivity index (χ0) is 70.2. The lowest BCUT2D eigenvalue weighted by molar-refractivity contribution is -0.793. The molecule has 0 rings (SSSR count). The highest BCUT2D eigenvalue weighted by molar-refractivity contribution is 5.73. The molecule has 95 heavy (non-hydrogen) atoms. The van der Waals surface area contributed by atoms with Gasteiger partial charge in [0.1, 0.15) is 0 Å². The molecule has 0 radical (unpaired) electrons. The van der Waals surface area contributed by atoms with Crippen LogP contribution in [0.2, 0.25) is 0 Å². The lowest BCUT2D eigenvalue weighted by Gasteiger charge is -2.43. The van der Waals surface area contributed by atoms with Gasteiger partial charge in [-0.1, -0.05) is 387 Å². The number of rotatable bonds is 74. The number of ether oxygens (including phenoxy) is 4. The van der Waals surface area contributed by atoms with Crippen molar-refractivity contribution in [3.63, 3.8) is 0 Å². The molecule has 0 fully saturated rings. The number of hydrogen-bond acceptors (Lipinski definition) is 16. The summed E-state index contributed by atoms with van der Waals surface area (Å²) in [5, 5.41) is 74.8. The highest BCUT2D eigenvalue weighted by Crippen LogP contribution is 2.46. The van der Waals surface area contributed by atoms with Gasteiger partial charge in [0.25, 0.3) is 0 Å². The SMILES string of the molecule is CCCCCCCCCCCCCCCCCC(=O)OC(O)C(OC(=O)CCCCCCCCCCCCCCCCC)([N+](=O)[O-])C(OC(=O)CCCCCCCCCCCCCCCCC)([N+](=O)[O-])C(O)(OC(=O)CCCCCCCCCCCCCCCCC)C(O)O. The first-order valence-electron chi connectivity index (χ1n) is 40.0. The summed E-state index contributed by atoms with van der Waals surface area (Å²) >= 11 is 0. The van der Waals surface area contributed by atoms with Crippen LogP contribution in [0, 0.1) is 20.2 Å². The Morgan fingerprint density at radius 2 is 0.484 bits per heavy atom. The van der Waals surface area contributed by atoms with Gasteiger partial charge in [-0.3, -0.25) is 39.4 Å². The van der Waals surface area contributed by atoms with Gasteiger partial charge >= 0.3 is 47.4 Å². The first kappa shape index (κ1) is 91.5. The average Bonchev–Trinajstić information content (AvgIpc) is 0.699. The summed E-state index contributed by atoms with van der Waals surface area (Å²) in [6, 6.07) is 0. The molecule has 4 unspecified atom stereocenters. The molecule has 0 aliphatic heterocycles. The molecule has 18 heteroatoms. The van der Waals surface area contributed by atoms with E-state index in [9.17, 15) is 59.8 Å². The molecule has 0 heterocycles. The van der Waals surface area contributed by atoms with Crippen LogP contribution in [0.4, 0.5) is 0 Å². The molecule has 0 amide bonds. The Balaban J connectivity index is 6.68.